The number of hydrogen-bond acceptors (Lipinski definition) is 4. The fourth-order valence-electron chi connectivity index (χ4n) is 3.47. The molecule has 1 aliphatic rings. The first-order chi connectivity index (χ1) is 12.3. The number of nitrogens with zero attached hydrogens (tertiary/aromatic N) is 1. The van der Waals surface area contributed by atoms with Crippen LogP contribution in [0.15, 0.2) is 47.1 Å². The zero-order valence-corrected chi connectivity index (χ0v) is 14.5. The average Bonchev–Trinajstić information content (AvgIpc) is 3.15. The predicted molar refractivity (Wildman–Crippen MR) is 96.1 cm³/mol. The maximum Gasteiger partial charge on any atom is 0.251 e. The largest absolute Gasteiger partial charge is 0.467 e. The average molecular weight is 342 g/mol. The molecule has 5 heteroatoms. The molecule has 0 aliphatic carbocycles. The minimum atomic E-state index is -0.0937. The van der Waals surface area contributed by atoms with Crippen molar-refractivity contribution in [2.45, 2.75) is 44.8 Å². The summed E-state index contributed by atoms with van der Waals surface area (Å²) >= 11 is 0. The summed E-state index contributed by atoms with van der Waals surface area (Å²) < 4.78 is 5.24. The van der Waals surface area contributed by atoms with E-state index < -0.39 is 0 Å². The number of carbonyl (C=O) groups excluding carboxylic acids is 1. The summed E-state index contributed by atoms with van der Waals surface area (Å²) in [6.45, 7) is 2.50. The van der Waals surface area contributed by atoms with Gasteiger partial charge in [-0.25, -0.2) is 0 Å². The molecule has 0 bridgehead atoms. The highest BCUT2D eigenvalue weighted by molar-refractivity contribution is 5.94. The molecule has 2 aromatic rings. The third kappa shape index (κ3) is 4.94. The maximum atomic E-state index is 12.4. The quantitative estimate of drug-likeness (QED) is 0.812. The van der Waals surface area contributed by atoms with E-state index in [1.54, 1.807) is 6.26 Å². The Morgan fingerprint density at radius 2 is 2.20 bits per heavy atom. The molecule has 0 unspecified atom stereocenters. The van der Waals surface area contributed by atoms with Crippen molar-refractivity contribution in [3.05, 3.63) is 59.5 Å². The number of likely N-dealkylation sites (tertiary alicyclic amines) is 1. The lowest BCUT2D eigenvalue weighted by Gasteiger charge is -2.35. The number of amides is 1. The molecular weight excluding hydrogens is 316 g/mol. The van der Waals surface area contributed by atoms with Crippen molar-refractivity contribution in [3.63, 3.8) is 0 Å². The monoisotopic (exact) mass is 342 g/mol. The fraction of sp³-hybridized carbons (Fsp3) is 0.450. The molecule has 134 valence electrons. The minimum absolute atomic E-state index is 0.0937. The van der Waals surface area contributed by atoms with Gasteiger partial charge in [0.25, 0.3) is 5.91 Å². The Balaban J connectivity index is 1.61. The van der Waals surface area contributed by atoms with Gasteiger partial charge >= 0.3 is 0 Å². The van der Waals surface area contributed by atoms with Gasteiger partial charge < -0.3 is 14.8 Å². The second-order valence-electron chi connectivity index (χ2n) is 6.59. The van der Waals surface area contributed by atoms with Crippen LogP contribution in [-0.2, 0) is 13.1 Å². The van der Waals surface area contributed by atoms with Crippen LogP contribution in [-0.4, -0.2) is 35.1 Å². The lowest BCUT2D eigenvalue weighted by molar-refractivity contribution is 0.0947. The van der Waals surface area contributed by atoms with Crippen molar-refractivity contribution in [2.75, 3.05) is 13.2 Å². The third-order valence-corrected chi connectivity index (χ3v) is 4.79. The highest BCUT2D eigenvalue weighted by atomic mass is 16.3. The molecule has 1 aliphatic heterocycles. The van der Waals surface area contributed by atoms with E-state index in [2.05, 4.69) is 16.3 Å². The zero-order chi connectivity index (χ0) is 17.5. The van der Waals surface area contributed by atoms with Crippen molar-refractivity contribution in [1.29, 1.82) is 0 Å². The van der Waals surface area contributed by atoms with E-state index in [0.29, 0.717) is 18.2 Å². The molecule has 0 saturated carbocycles. The van der Waals surface area contributed by atoms with Gasteiger partial charge in [0, 0.05) is 24.8 Å². The van der Waals surface area contributed by atoms with E-state index in [1.807, 2.05) is 30.3 Å². The summed E-state index contributed by atoms with van der Waals surface area (Å²) in [5, 5.41) is 12.2. The molecule has 1 aromatic heterocycles. The number of rotatable bonds is 7. The Bertz CT molecular complexity index is 667. The second kappa shape index (κ2) is 8.83. The van der Waals surface area contributed by atoms with Crippen molar-refractivity contribution >= 4 is 5.91 Å². The summed E-state index contributed by atoms with van der Waals surface area (Å²) in [5.41, 5.74) is 1.80. The first-order valence-electron chi connectivity index (χ1n) is 9.00. The van der Waals surface area contributed by atoms with Gasteiger partial charge in [-0.1, -0.05) is 18.6 Å². The summed E-state index contributed by atoms with van der Waals surface area (Å²) in [7, 11) is 0. The minimum Gasteiger partial charge on any atom is -0.467 e. The van der Waals surface area contributed by atoms with Crippen molar-refractivity contribution in [1.82, 2.24) is 10.2 Å². The topological polar surface area (TPSA) is 65.7 Å². The third-order valence-electron chi connectivity index (χ3n) is 4.79. The molecule has 5 nitrogen and oxygen atoms in total. The summed E-state index contributed by atoms with van der Waals surface area (Å²) in [6, 6.07) is 11.9. The second-order valence-corrected chi connectivity index (χ2v) is 6.59. The Labute approximate surface area is 148 Å². The molecule has 3 rings (SSSR count). The van der Waals surface area contributed by atoms with Crippen molar-refractivity contribution < 1.29 is 14.3 Å². The maximum absolute atomic E-state index is 12.4. The first-order valence-corrected chi connectivity index (χ1v) is 9.00. The Morgan fingerprint density at radius 1 is 1.28 bits per heavy atom. The number of piperidine rings is 1. The van der Waals surface area contributed by atoms with Gasteiger partial charge in [-0.2, -0.15) is 0 Å². The number of hydrogen-bond donors (Lipinski definition) is 2. The lowest BCUT2D eigenvalue weighted by Crippen LogP contribution is -2.39. The van der Waals surface area contributed by atoms with E-state index in [1.165, 1.54) is 12.8 Å². The molecule has 0 spiro atoms. The van der Waals surface area contributed by atoms with Crippen LogP contribution < -0.4 is 5.32 Å². The molecule has 1 amide bonds. The summed E-state index contributed by atoms with van der Waals surface area (Å²) in [4.78, 5) is 14.8. The van der Waals surface area contributed by atoms with Crippen LogP contribution in [0.1, 0.15) is 47.4 Å². The summed E-state index contributed by atoms with van der Waals surface area (Å²) in [6.07, 6.45) is 6.00. The van der Waals surface area contributed by atoms with Gasteiger partial charge in [0.1, 0.15) is 5.76 Å². The molecule has 2 N–H and O–H groups in total. The number of nitrogens with one attached hydrogen (secondary N) is 1. The molecule has 1 saturated heterocycles. The van der Waals surface area contributed by atoms with Crippen LogP contribution in [0.4, 0.5) is 0 Å². The highest BCUT2D eigenvalue weighted by Crippen LogP contribution is 2.22. The Morgan fingerprint density at radius 3 is 3.00 bits per heavy atom. The van der Waals surface area contributed by atoms with E-state index >= 15 is 0 Å². The van der Waals surface area contributed by atoms with E-state index in [4.69, 9.17) is 4.42 Å². The van der Waals surface area contributed by atoms with E-state index in [0.717, 1.165) is 37.3 Å². The number of aliphatic hydroxyl groups excluding tert-OH is 1. The normalized spacial score (nSPS) is 18.2. The molecule has 1 atom stereocenters. The molecule has 2 heterocycles. The highest BCUT2D eigenvalue weighted by Gasteiger charge is 2.22. The molecule has 0 radical (unpaired) electrons. The fourth-order valence-corrected chi connectivity index (χ4v) is 3.47. The Hall–Kier alpha value is -2.11. The number of furan rings is 1. The Kier molecular flexibility index (Phi) is 6.25. The molecule has 1 fully saturated rings. The lowest BCUT2D eigenvalue weighted by atomic mass is 9.98. The molecular formula is C20H26N2O3. The zero-order valence-electron chi connectivity index (χ0n) is 14.5. The van der Waals surface area contributed by atoms with E-state index in [9.17, 15) is 9.90 Å². The van der Waals surface area contributed by atoms with E-state index in [-0.39, 0.29) is 12.5 Å². The van der Waals surface area contributed by atoms with Crippen LogP contribution in [0.5, 0.6) is 0 Å². The van der Waals surface area contributed by atoms with Crippen LogP contribution >= 0.6 is 0 Å². The van der Waals surface area contributed by atoms with Gasteiger partial charge in [-0.05, 0) is 55.6 Å². The van der Waals surface area contributed by atoms with Crippen molar-refractivity contribution in [3.8, 4) is 0 Å². The van der Waals surface area contributed by atoms with Gasteiger partial charge in [0.05, 0.1) is 12.8 Å². The SMILES string of the molecule is O=C(NCc1ccco1)c1cccc(CN2CCCC[C@@H]2CCO)c1. The standard InChI is InChI=1S/C20H26N2O3/c23-11-9-18-7-1-2-10-22(18)15-16-5-3-6-17(13-16)20(24)21-14-19-8-4-12-25-19/h3-6,8,12-13,18,23H,1-2,7,9-11,14-15H2,(H,21,24)/t18-/m1/s1. The summed E-state index contributed by atoms with van der Waals surface area (Å²) in [5.74, 6) is 0.647. The smallest absolute Gasteiger partial charge is 0.251 e. The first kappa shape index (κ1) is 17.7. The predicted octanol–water partition coefficient (Wildman–Crippen LogP) is 2.95. The van der Waals surface area contributed by atoms with Gasteiger partial charge in [0.2, 0.25) is 0 Å². The number of carbonyl (C=O) groups is 1. The molecule has 1 aromatic carbocycles. The van der Waals surface area contributed by atoms with Crippen LogP contribution in [0.25, 0.3) is 0 Å². The van der Waals surface area contributed by atoms with Crippen molar-refractivity contribution in [2.24, 2.45) is 0 Å². The number of benzene rings is 1. The van der Waals surface area contributed by atoms with Gasteiger partial charge in [-0.15, -0.1) is 0 Å². The molecule has 25 heavy (non-hydrogen) atoms. The van der Waals surface area contributed by atoms with Crippen LogP contribution in [0.3, 0.4) is 0 Å². The van der Waals surface area contributed by atoms with Crippen LogP contribution in [0, 0.1) is 0 Å². The number of aliphatic hydroxyl groups is 1. The van der Waals surface area contributed by atoms with Gasteiger partial charge in [0.15, 0.2) is 0 Å². The van der Waals surface area contributed by atoms with Crippen LogP contribution in [0.2, 0.25) is 0 Å². The van der Waals surface area contributed by atoms with Gasteiger partial charge in [-0.3, -0.25) is 9.69 Å².